The van der Waals surface area contributed by atoms with Crippen molar-refractivity contribution in [2.75, 3.05) is 20.6 Å². The van der Waals surface area contributed by atoms with Crippen LogP contribution in [0, 0.1) is 5.92 Å². The minimum absolute atomic E-state index is 0.00348. The van der Waals surface area contributed by atoms with Gasteiger partial charge in [-0.2, -0.15) is 0 Å². The van der Waals surface area contributed by atoms with Crippen LogP contribution >= 0.6 is 0 Å². The minimum Gasteiger partial charge on any atom is -0.355 e. The summed E-state index contributed by atoms with van der Waals surface area (Å²) in [6, 6.07) is -0.0201. The summed E-state index contributed by atoms with van der Waals surface area (Å²) in [5, 5.41) is 2.80. The summed E-state index contributed by atoms with van der Waals surface area (Å²) in [6.07, 6.45) is 4.33. The smallest absolute Gasteiger partial charge is 0.224 e. The number of hydrogen-bond acceptors (Lipinski definition) is 3. The SMILES string of the molecule is CN(C)C(=O)CCNC(=O)C1CCCCC1N. The highest BCUT2D eigenvalue weighted by Gasteiger charge is 2.27. The molecule has 0 bridgehead atoms. The van der Waals surface area contributed by atoms with Crippen LogP contribution in [0.25, 0.3) is 0 Å². The number of rotatable bonds is 4. The molecule has 1 aliphatic rings. The molecule has 0 heterocycles. The first-order valence-electron chi connectivity index (χ1n) is 6.26. The Morgan fingerprint density at radius 3 is 2.53 bits per heavy atom. The van der Waals surface area contributed by atoms with Crippen molar-refractivity contribution < 1.29 is 9.59 Å². The Bertz CT molecular complexity index is 279. The molecule has 5 heteroatoms. The standard InChI is InChI=1S/C12H23N3O2/c1-15(2)11(16)7-8-14-12(17)9-5-3-4-6-10(9)13/h9-10H,3-8,13H2,1-2H3,(H,14,17). The first-order valence-corrected chi connectivity index (χ1v) is 6.26. The maximum Gasteiger partial charge on any atom is 0.224 e. The number of carbonyl (C=O) groups is 2. The predicted octanol–water partition coefficient (Wildman–Crippen LogP) is 0.0984. The summed E-state index contributed by atoms with van der Waals surface area (Å²) in [4.78, 5) is 24.7. The fraction of sp³-hybridized carbons (Fsp3) is 0.833. The van der Waals surface area contributed by atoms with Gasteiger partial charge in [-0.3, -0.25) is 9.59 Å². The Morgan fingerprint density at radius 1 is 1.29 bits per heavy atom. The highest BCUT2D eigenvalue weighted by atomic mass is 16.2. The molecule has 5 nitrogen and oxygen atoms in total. The van der Waals surface area contributed by atoms with E-state index in [-0.39, 0.29) is 23.8 Å². The molecule has 2 amide bonds. The summed E-state index contributed by atoms with van der Waals surface area (Å²) < 4.78 is 0. The lowest BCUT2D eigenvalue weighted by Gasteiger charge is -2.27. The molecular formula is C12H23N3O2. The Labute approximate surface area is 103 Å². The molecule has 1 saturated carbocycles. The number of carbonyl (C=O) groups excluding carboxylic acids is 2. The molecule has 3 N–H and O–H groups in total. The topological polar surface area (TPSA) is 75.4 Å². The van der Waals surface area contributed by atoms with Crippen LogP contribution in [0.4, 0.5) is 0 Å². The first-order chi connectivity index (χ1) is 8.02. The Kier molecular flexibility index (Phi) is 5.41. The van der Waals surface area contributed by atoms with Crippen molar-refractivity contribution in [3.8, 4) is 0 Å². The van der Waals surface area contributed by atoms with Crippen LogP contribution in [0.3, 0.4) is 0 Å². The molecule has 1 fully saturated rings. The molecule has 0 spiro atoms. The van der Waals surface area contributed by atoms with Gasteiger partial charge in [0.1, 0.15) is 0 Å². The largest absolute Gasteiger partial charge is 0.355 e. The van der Waals surface area contributed by atoms with Crippen molar-refractivity contribution in [3.63, 3.8) is 0 Å². The van der Waals surface area contributed by atoms with Crippen molar-refractivity contribution in [2.45, 2.75) is 38.1 Å². The van der Waals surface area contributed by atoms with Crippen LogP contribution < -0.4 is 11.1 Å². The molecule has 2 atom stereocenters. The molecule has 0 aliphatic heterocycles. The van der Waals surface area contributed by atoms with Crippen LogP contribution in [0.2, 0.25) is 0 Å². The maximum absolute atomic E-state index is 11.8. The molecule has 1 rings (SSSR count). The highest BCUT2D eigenvalue weighted by molar-refractivity contribution is 5.81. The second-order valence-electron chi connectivity index (χ2n) is 4.88. The zero-order chi connectivity index (χ0) is 12.8. The van der Waals surface area contributed by atoms with Gasteiger partial charge in [-0.05, 0) is 12.8 Å². The Balaban J connectivity index is 2.27. The number of nitrogens with two attached hydrogens (primary N) is 1. The van der Waals surface area contributed by atoms with Gasteiger partial charge < -0.3 is 16.0 Å². The average Bonchev–Trinajstić information content (AvgIpc) is 2.29. The van der Waals surface area contributed by atoms with Gasteiger partial charge in [-0.15, -0.1) is 0 Å². The van der Waals surface area contributed by atoms with E-state index in [9.17, 15) is 9.59 Å². The third kappa shape index (κ3) is 4.34. The van der Waals surface area contributed by atoms with Gasteiger partial charge in [0.15, 0.2) is 0 Å². The lowest BCUT2D eigenvalue weighted by atomic mass is 9.84. The van der Waals surface area contributed by atoms with Crippen LogP contribution in [-0.2, 0) is 9.59 Å². The number of hydrogen-bond donors (Lipinski definition) is 2. The van der Waals surface area contributed by atoms with Gasteiger partial charge in [-0.25, -0.2) is 0 Å². The molecule has 0 radical (unpaired) electrons. The monoisotopic (exact) mass is 241 g/mol. The van der Waals surface area contributed by atoms with Crippen LogP contribution in [0.1, 0.15) is 32.1 Å². The first kappa shape index (κ1) is 14.0. The molecule has 0 aromatic heterocycles. The van der Waals surface area contributed by atoms with E-state index in [0.29, 0.717) is 13.0 Å². The number of amides is 2. The second kappa shape index (κ2) is 6.59. The molecule has 98 valence electrons. The Morgan fingerprint density at radius 2 is 1.94 bits per heavy atom. The average molecular weight is 241 g/mol. The molecule has 0 aromatic rings. The van der Waals surface area contributed by atoms with E-state index in [4.69, 9.17) is 5.73 Å². The zero-order valence-electron chi connectivity index (χ0n) is 10.7. The summed E-state index contributed by atoms with van der Waals surface area (Å²) >= 11 is 0. The van der Waals surface area contributed by atoms with E-state index in [1.807, 2.05) is 0 Å². The molecular weight excluding hydrogens is 218 g/mol. The van der Waals surface area contributed by atoms with E-state index in [1.165, 1.54) is 4.90 Å². The third-order valence-corrected chi connectivity index (χ3v) is 3.29. The maximum atomic E-state index is 11.8. The summed E-state index contributed by atoms with van der Waals surface area (Å²) in [7, 11) is 3.42. The summed E-state index contributed by atoms with van der Waals surface area (Å²) in [5.41, 5.74) is 5.92. The van der Waals surface area contributed by atoms with Crippen LogP contribution in [-0.4, -0.2) is 43.4 Å². The van der Waals surface area contributed by atoms with E-state index >= 15 is 0 Å². The summed E-state index contributed by atoms with van der Waals surface area (Å²) in [5.74, 6) is -0.0415. The van der Waals surface area contributed by atoms with E-state index < -0.39 is 0 Å². The van der Waals surface area contributed by atoms with Crippen molar-refractivity contribution in [2.24, 2.45) is 11.7 Å². The predicted molar refractivity (Wildman–Crippen MR) is 66.3 cm³/mol. The lowest BCUT2D eigenvalue weighted by molar-refractivity contribution is -0.129. The lowest BCUT2D eigenvalue weighted by Crippen LogP contribution is -2.44. The summed E-state index contributed by atoms with van der Waals surface area (Å²) in [6.45, 7) is 0.402. The van der Waals surface area contributed by atoms with Gasteiger partial charge in [0.05, 0.1) is 5.92 Å². The minimum atomic E-state index is -0.0711. The van der Waals surface area contributed by atoms with Crippen molar-refractivity contribution >= 4 is 11.8 Å². The van der Waals surface area contributed by atoms with Crippen molar-refractivity contribution in [3.05, 3.63) is 0 Å². The highest BCUT2D eigenvalue weighted by Crippen LogP contribution is 2.22. The molecule has 1 aliphatic carbocycles. The fourth-order valence-corrected chi connectivity index (χ4v) is 2.13. The van der Waals surface area contributed by atoms with Gasteiger partial charge in [0.2, 0.25) is 11.8 Å². The second-order valence-corrected chi connectivity index (χ2v) is 4.88. The Hall–Kier alpha value is -1.10. The zero-order valence-corrected chi connectivity index (χ0v) is 10.7. The van der Waals surface area contributed by atoms with E-state index in [0.717, 1.165) is 25.7 Å². The van der Waals surface area contributed by atoms with E-state index in [2.05, 4.69) is 5.32 Å². The fourth-order valence-electron chi connectivity index (χ4n) is 2.13. The molecule has 17 heavy (non-hydrogen) atoms. The number of nitrogens with zero attached hydrogens (tertiary/aromatic N) is 1. The van der Waals surface area contributed by atoms with Gasteiger partial charge >= 0.3 is 0 Å². The van der Waals surface area contributed by atoms with Crippen LogP contribution in [0.5, 0.6) is 0 Å². The van der Waals surface area contributed by atoms with Gasteiger partial charge in [0, 0.05) is 33.1 Å². The van der Waals surface area contributed by atoms with Crippen molar-refractivity contribution in [1.82, 2.24) is 10.2 Å². The van der Waals surface area contributed by atoms with Crippen molar-refractivity contribution in [1.29, 1.82) is 0 Å². The van der Waals surface area contributed by atoms with Gasteiger partial charge in [0.25, 0.3) is 0 Å². The molecule has 0 saturated heterocycles. The third-order valence-electron chi connectivity index (χ3n) is 3.29. The quantitative estimate of drug-likeness (QED) is 0.733. The van der Waals surface area contributed by atoms with E-state index in [1.54, 1.807) is 14.1 Å². The van der Waals surface area contributed by atoms with Gasteiger partial charge in [-0.1, -0.05) is 12.8 Å². The molecule has 2 unspecified atom stereocenters. The molecule has 0 aromatic carbocycles. The van der Waals surface area contributed by atoms with Crippen LogP contribution in [0.15, 0.2) is 0 Å². The normalized spacial score (nSPS) is 24.2. The number of nitrogens with one attached hydrogen (secondary N) is 1.